The number of benzene rings is 1. The van der Waals surface area contributed by atoms with Crippen LogP contribution in [0.3, 0.4) is 0 Å². The molecule has 1 atom stereocenters. The second-order valence-corrected chi connectivity index (χ2v) is 6.05. The Hall–Kier alpha value is -0.820. The van der Waals surface area contributed by atoms with Gasteiger partial charge < -0.3 is 5.11 Å². The molecule has 1 unspecified atom stereocenters. The van der Waals surface area contributed by atoms with Gasteiger partial charge >= 0.3 is 0 Å². The summed E-state index contributed by atoms with van der Waals surface area (Å²) in [6.45, 7) is 0. The zero-order chi connectivity index (χ0) is 12.4. The van der Waals surface area contributed by atoms with E-state index in [1.165, 1.54) is 55.2 Å². The van der Waals surface area contributed by atoms with Crippen molar-refractivity contribution in [1.29, 1.82) is 0 Å². The average molecular weight is 244 g/mol. The Morgan fingerprint density at radius 3 is 2.50 bits per heavy atom. The van der Waals surface area contributed by atoms with Crippen LogP contribution in [0.15, 0.2) is 18.2 Å². The molecule has 1 N–H and O–H groups in total. The fourth-order valence-electron chi connectivity index (χ4n) is 3.65. The highest BCUT2D eigenvalue weighted by Gasteiger charge is 2.20. The number of aryl methyl sites for hydroxylation is 1. The Labute approximate surface area is 110 Å². The quantitative estimate of drug-likeness (QED) is 0.721. The zero-order valence-electron chi connectivity index (χ0n) is 11.2. The molecular weight excluding hydrogens is 220 g/mol. The number of hydrogen-bond acceptors (Lipinski definition) is 1. The van der Waals surface area contributed by atoms with Crippen molar-refractivity contribution >= 4 is 0 Å². The van der Waals surface area contributed by atoms with Crippen molar-refractivity contribution < 1.29 is 5.11 Å². The number of rotatable bonds is 1. The van der Waals surface area contributed by atoms with Crippen LogP contribution < -0.4 is 0 Å². The van der Waals surface area contributed by atoms with Gasteiger partial charge in [-0.2, -0.15) is 0 Å². The first kappa shape index (κ1) is 12.2. The van der Waals surface area contributed by atoms with Crippen molar-refractivity contribution in [3.05, 3.63) is 34.9 Å². The largest absolute Gasteiger partial charge is 0.388 e. The van der Waals surface area contributed by atoms with Gasteiger partial charge in [0.15, 0.2) is 0 Å². The van der Waals surface area contributed by atoms with E-state index < -0.39 is 0 Å². The third-order valence-corrected chi connectivity index (χ3v) is 4.78. The van der Waals surface area contributed by atoms with Crippen LogP contribution in [0.4, 0.5) is 0 Å². The molecule has 2 aliphatic rings. The van der Waals surface area contributed by atoms with Gasteiger partial charge in [-0.1, -0.05) is 43.9 Å². The van der Waals surface area contributed by atoms with E-state index in [9.17, 15) is 5.11 Å². The molecule has 18 heavy (non-hydrogen) atoms. The molecule has 1 nitrogen and oxygen atoms in total. The second kappa shape index (κ2) is 5.44. The summed E-state index contributed by atoms with van der Waals surface area (Å²) < 4.78 is 0. The van der Waals surface area contributed by atoms with E-state index in [4.69, 9.17) is 0 Å². The molecule has 0 heterocycles. The molecule has 1 aromatic rings. The minimum atomic E-state index is -0.217. The molecular formula is C17H24O. The van der Waals surface area contributed by atoms with Crippen molar-refractivity contribution in [3.63, 3.8) is 0 Å². The first-order valence-electron chi connectivity index (χ1n) is 7.65. The van der Waals surface area contributed by atoms with Gasteiger partial charge in [0.05, 0.1) is 6.10 Å². The van der Waals surface area contributed by atoms with Crippen molar-refractivity contribution in [2.75, 3.05) is 0 Å². The third kappa shape index (κ3) is 2.47. The molecule has 0 bridgehead atoms. The lowest BCUT2D eigenvalue weighted by molar-refractivity contribution is 0.166. The molecule has 0 saturated heterocycles. The predicted octanol–water partition coefficient (Wildman–Crippen LogP) is 4.49. The first-order chi connectivity index (χ1) is 8.84. The van der Waals surface area contributed by atoms with Crippen LogP contribution in [-0.2, 0) is 6.42 Å². The van der Waals surface area contributed by atoms with Crippen molar-refractivity contribution in [2.45, 2.75) is 69.8 Å². The van der Waals surface area contributed by atoms with Gasteiger partial charge in [0, 0.05) is 0 Å². The third-order valence-electron chi connectivity index (χ3n) is 4.78. The van der Waals surface area contributed by atoms with Crippen LogP contribution in [0.2, 0.25) is 0 Å². The molecule has 2 aliphatic carbocycles. The van der Waals surface area contributed by atoms with Gasteiger partial charge in [-0.3, -0.25) is 0 Å². The molecule has 3 rings (SSSR count). The maximum Gasteiger partial charge on any atom is 0.0792 e. The summed E-state index contributed by atoms with van der Waals surface area (Å²) in [6.07, 6.45) is 11.1. The molecule has 1 saturated carbocycles. The summed E-state index contributed by atoms with van der Waals surface area (Å²) >= 11 is 0. The summed E-state index contributed by atoms with van der Waals surface area (Å²) in [7, 11) is 0. The Morgan fingerprint density at radius 2 is 1.67 bits per heavy atom. The molecule has 1 fully saturated rings. The van der Waals surface area contributed by atoms with E-state index in [0.717, 1.165) is 25.2 Å². The highest BCUT2D eigenvalue weighted by atomic mass is 16.3. The van der Waals surface area contributed by atoms with Crippen LogP contribution in [0, 0.1) is 0 Å². The summed E-state index contributed by atoms with van der Waals surface area (Å²) in [5, 5.41) is 10.3. The predicted molar refractivity (Wildman–Crippen MR) is 74.8 cm³/mol. The molecule has 0 aromatic heterocycles. The highest BCUT2D eigenvalue weighted by Crippen LogP contribution is 2.36. The van der Waals surface area contributed by atoms with Crippen LogP contribution in [0.25, 0.3) is 0 Å². The average Bonchev–Trinajstić information content (AvgIpc) is 2.62. The van der Waals surface area contributed by atoms with Gasteiger partial charge in [0.2, 0.25) is 0 Å². The summed E-state index contributed by atoms with van der Waals surface area (Å²) in [4.78, 5) is 0. The lowest BCUT2D eigenvalue weighted by Gasteiger charge is -2.23. The second-order valence-electron chi connectivity index (χ2n) is 6.05. The number of fused-ring (bicyclic) bond motifs is 1. The van der Waals surface area contributed by atoms with Crippen LogP contribution in [0.1, 0.15) is 80.1 Å². The first-order valence-corrected chi connectivity index (χ1v) is 7.65. The van der Waals surface area contributed by atoms with E-state index in [1.807, 2.05) is 0 Å². The van der Waals surface area contributed by atoms with E-state index in [0.29, 0.717) is 0 Å². The van der Waals surface area contributed by atoms with Crippen LogP contribution in [-0.4, -0.2) is 5.11 Å². The van der Waals surface area contributed by atoms with E-state index in [-0.39, 0.29) is 6.10 Å². The molecule has 0 aliphatic heterocycles. The zero-order valence-corrected chi connectivity index (χ0v) is 11.2. The normalized spacial score (nSPS) is 25.5. The van der Waals surface area contributed by atoms with Gasteiger partial charge in [-0.25, -0.2) is 0 Å². The fraction of sp³-hybridized carbons (Fsp3) is 0.647. The maximum atomic E-state index is 10.3. The summed E-state index contributed by atoms with van der Waals surface area (Å²) in [5.41, 5.74) is 4.10. The molecule has 1 aromatic carbocycles. The SMILES string of the molecule is OC1CCCCc2ccc(C3CCCCC3)cc21. The Bertz CT molecular complexity index is 404. The maximum absolute atomic E-state index is 10.3. The molecule has 0 amide bonds. The number of hydrogen-bond donors (Lipinski definition) is 1. The Morgan fingerprint density at radius 1 is 0.889 bits per heavy atom. The lowest BCUT2D eigenvalue weighted by Crippen LogP contribution is -2.07. The standard InChI is InChI=1S/C17H24O/c18-17-9-5-4-8-14-10-11-15(12-16(14)17)13-6-2-1-3-7-13/h10-13,17-18H,1-9H2. The highest BCUT2D eigenvalue weighted by molar-refractivity contribution is 5.36. The number of aliphatic hydroxyl groups excluding tert-OH is 1. The number of aliphatic hydroxyl groups is 1. The molecule has 98 valence electrons. The minimum Gasteiger partial charge on any atom is -0.388 e. The monoisotopic (exact) mass is 244 g/mol. The lowest BCUT2D eigenvalue weighted by atomic mass is 9.82. The molecule has 0 radical (unpaired) electrons. The topological polar surface area (TPSA) is 20.2 Å². The van der Waals surface area contributed by atoms with Gasteiger partial charge in [-0.05, 0) is 54.7 Å². The molecule has 0 spiro atoms. The van der Waals surface area contributed by atoms with E-state index >= 15 is 0 Å². The summed E-state index contributed by atoms with van der Waals surface area (Å²) in [6, 6.07) is 6.93. The van der Waals surface area contributed by atoms with Crippen molar-refractivity contribution in [3.8, 4) is 0 Å². The van der Waals surface area contributed by atoms with Crippen LogP contribution in [0.5, 0.6) is 0 Å². The Balaban J connectivity index is 1.88. The van der Waals surface area contributed by atoms with E-state index in [1.54, 1.807) is 0 Å². The fourth-order valence-corrected chi connectivity index (χ4v) is 3.65. The smallest absolute Gasteiger partial charge is 0.0792 e. The van der Waals surface area contributed by atoms with Crippen LogP contribution >= 0.6 is 0 Å². The van der Waals surface area contributed by atoms with Gasteiger partial charge in [-0.15, -0.1) is 0 Å². The molecule has 1 heteroatoms. The minimum absolute atomic E-state index is 0.217. The Kier molecular flexibility index (Phi) is 3.69. The van der Waals surface area contributed by atoms with E-state index in [2.05, 4.69) is 18.2 Å². The van der Waals surface area contributed by atoms with Crippen molar-refractivity contribution in [2.24, 2.45) is 0 Å². The van der Waals surface area contributed by atoms with Gasteiger partial charge in [0.1, 0.15) is 0 Å². The van der Waals surface area contributed by atoms with Crippen molar-refractivity contribution in [1.82, 2.24) is 0 Å². The van der Waals surface area contributed by atoms with Gasteiger partial charge in [0.25, 0.3) is 0 Å². The summed E-state index contributed by atoms with van der Waals surface area (Å²) in [5.74, 6) is 0.750.